The van der Waals surface area contributed by atoms with E-state index in [0.29, 0.717) is 21.6 Å². The van der Waals surface area contributed by atoms with E-state index in [1.165, 1.54) is 11.8 Å². The molecule has 0 saturated carbocycles. The van der Waals surface area contributed by atoms with Crippen molar-refractivity contribution in [3.63, 3.8) is 0 Å². The lowest BCUT2D eigenvalue weighted by atomic mass is 10.1. The predicted molar refractivity (Wildman–Crippen MR) is 85.4 cm³/mol. The van der Waals surface area contributed by atoms with Crippen LogP contribution in [0.25, 0.3) is 0 Å². The Bertz CT molecular complexity index is 669. The highest BCUT2D eigenvalue weighted by Crippen LogP contribution is 2.32. The molecule has 0 aliphatic carbocycles. The molecule has 2 N–H and O–H groups in total. The minimum atomic E-state index is -1.02. The Balaban J connectivity index is 2.35. The summed E-state index contributed by atoms with van der Waals surface area (Å²) in [5.74, 6) is -0.625. The maximum absolute atomic E-state index is 11.6. The smallest absolute Gasteiger partial charge is 0.334 e. The number of rotatable bonds is 5. The van der Waals surface area contributed by atoms with Crippen LogP contribution in [0.15, 0.2) is 33.8 Å². The topological polar surface area (TPSA) is 62.5 Å². The first-order chi connectivity index (χ1) is 9.92. The fraction of sp³-hybridized carbons (Fsp3) is 0.267. The lowest BCUT2D eigenvalue weighted by Gasteiger charge is -2.16. The molecule has 1 heterocycles. The Hall–Kier alpha value is -1.59. The molecule has 0 fully saturated rings. The molecule has 0 aliphatic rings. The normalized spacial score (nSPS) is 12.2. The molecule has 0 saturated heterocycles. The molecule has 1 unspecified atom stereocenters. The number of carboxylic acid groups (broad SMARTS) is 1. The second-order valence-electron chi connectivity index (χ2n) is 4.72. The van der Waals surface area contributed by atoms with E-state index in [9.17, 15) is 9.90 Å². The summed E-state index contributed by atoms with van der Waals surface area (Å²) in [5.41, 5.74) is 2.37. The van der Waals surface area contributed by atoms with Gasteiger partial charge in [-0.05, 0) is 49.4 Å². The van der Waals surface area contributed by atoms with Gasteiger partial charge in [-0.1, -0.05) is 29.4 Å². The highest BCUT2D eigenvalue weighted by Gasteiger charge is 2.26. The van der Waals surface area contributed by atoms with Crippen LogP contribution in [-0.2, 0) is 4.79 Å². The maximum atomic E-state index is 11.6. The lowest BCUT2D eigenvalue weighted by Crippen LogP contribution is -2.20. The summed E-state index contributed by atoms with van der Waals surface area (Å²) in [6, 6.07) is 6.27. The van der Waals surface area contributed by atoms with Gasteiger partial charge in [-0.3, -0.25) is 0 Å². The van der Waals surface area contributed by atoms with Crippen LogP contribution in [0.4, 0.5) is 5.69 Å². The van der Waals surface area contributed by atoms with Crippen LogP contribution in [0.5, 0.6) is 0 Å². The van der Waals surface area contributed by atoms with Gasteiger partial charge in [0.15, 0.2) is 11.1 Å². The SMILES string of the molecule is CSc1cc(C)c(C(Nc2ccc(C)cc2Cl)C(=O)O)o1. The monoisotopic (exact) mass is 325 g/mol. The van der Waals surface area contributed by atoms with Gasteiger partial charge in [-0.15, -0.1) is 0 Å². The van der Waals surface area contributed by atoms with Gasteiger partial charge >= 0.3 is 5.97 Å². The molecule has 6 heteroatoms. The van der Waals surface area contributed by atoms with Crippen molar-refractivity contribution >= 4 is 35.0 Å². The Morgan fingerprint density at radius 1 is 1.38 bits per heavy atom. The first kappa shape index (κ1) is 15.8. The molecule has 21 heavy (non-hydrogen) atoms. The van der Waals surface area contributed by atoms with Gasteiger partial charge in [0.2, 0.25) is 0 Å². The zero-order valence-corrected chi connectivity index (χ0v) is 13.5. The van der Waals surface area contributed by atoms with Crippen molar-refractivity contribution in [1.82, 2.24) is 0 Å². The summed E-state index contributed by atoms with van der Waals surface area (Å²) < 4.78 is 5.60. The third-order valence-corrected chi connectivity index (χ3v) is 3.98. The minimum Gasteiger partial charge on any atom is -0.479 e. The quantitative estimate of drug-likeness (QED) is 0.792. The van der Waals surface area contributed by atoms with Gasteiger partial charge in [-0.2, -0.15) is 0 Å². The van der Waals surface area contributed by atoms with E-state index in [-0.39, 0.29) is 0 Å². The summed E-state index contributed by atoms with van der Waals surface area (Å²) in [7, 11) is 0. The predicted octanol–water partition coefficient (Wildman–Crippen LogP) is 4.51. The maximum Gasteiger partial charge on any atom is 0.334 e. The van der Waals surface area contributed by atoms with Crippen molar-refractivity contribution in [2.75, 3.05) is 11.6 Å². The standard InChI is InChI=1S/C15H16ClNO3S/c1-8-4-5-11(10(16)6-8)17-13(15(18)19)14-9(2)7-12(20-14)21-3/h4-7,13,17H,1-3H3,(H,18,19). The van der Waals surface area contributed by atoms with Gasteiger partial charge in [-0.25, -0.2) is 4.79 Å². The van der Waals surface area contributed by atoms with Gasteiger partial charge in [0.1, 0.15) is 5.76 Å². The Labute approximate surface area is 132 Å². The second-order valence-corrected chi connectivity index (χ2v) is 5.93. The van der Waals surface area contributed by atoms with E-state index < -0.39 is 12.0 Å². The highest BCUT2D eigenvalue weighted by atomic mass is 35.5. The first-order valence-electron chi connectivity index (χ1n) is 6.32. The number of hydrogen-bond acceptors (Lipinski definition) is 4. The molecule has 0 amide bonds. The highest BCUT2D eigenvalue weighted by molar-refractivity contribution is 7.98. The van der Waals surface area contributed by atoms with E-state index in [4.69, 9.17) is 16.0 Å². The number of carboxylic acids is 1. The van der Waals surface area contributed by atoms with Crippen molar-refractivity contribution in [3.05, 3.63) is 46.2 Å². The summed E-state index contributed by atoms with van der Waals surface area (Å²) in [4.78, 5) is 11.6. The van der Waals surface area contributed by atoms with Crippen molar-refractivity contribution in [2.45, 2.75) is 25.0 Å². The summed E-state index contributed by atoms with van der Waals surface area (Å²) in [6.45, 7) is 3.75. The number of anilines is 1. The van der Waals surface area contributed by atoms with Gasteiger partial charge in [0.05, 0.1) is 10.7 Å². The van der Waals surface area contributed by atoms with E-state index in [1.807, 2.05) is 32.2 Å². The van der Waals surface area contributed by atoms with Crippen molar-refractivity contribution < 1.29 is 14.3 Å². The molecule has 1 aromatic carbocycles. The zero-order valence-electron chi connectivity index (χ0n) is 11.9. The van der Waals surface area contributed by atoms with Crippen LogP contribution in [0.2, 0.25) is 5.02 Å². The molecular formula is C15H16ClNO3S. The Morgan fingerprint density at radius 3 is 2.62 bits per heavy atom. The number of halogens is 1. The van der Waals surface area contributed by atoms with Crippen molar-refractivity contribution in [3.8, 4) is 0 Å². The fourth-order valence-electron chi connectivity index (χ4n) is 1.99. The minimum absolute atomic E-state index is 0.392. The number of hydrogen-bond donors (Lipinski definition) is 2. The average Bonchev–Trinajstić information content (AvgIpc) is 2.78. The number of aliphatic carboxylic acids is 1. The number of furan rings is 1. The molecule has 1 aromatic heterocycles. The molecule has 2 rings (SSSR count). The van der Waals surface area contributed by atoms with E-state index >= 15 is 0 Å². The summed E-state index contributed by atoms with van der Waals surface area (Å²) in [5, 5.41) is 13.6. The number of thioether (sulfide) groups is 1. The van der Waals surface area contributed by atoms with E-state index in [2.05, 4.69) is 5.32 Å². The molecule has 0 radical (unpaired) electrons. The Morgan fingerprint density at radius 2 is 2.10 bits per heavy atom. The molecule has 1 atom stereocenters. The third-order valence-electron chi connectivity index (χ3n) is 3.07. The molecule has 0 spiro atoms. The number of carbonyl (C=O) groups is 1. The molecule has 4 nitrogen and oxygen atoms in total. The molecule has 112 valence electrons. The van der Waals surface area contributed by atoms with Crippen molar-refractivity contribution in [2.24, 2.45) is 0 Å². The third kappa shape index (κ3) is 3.54. The fourth-order valence-corrected chi connectivity index (χ4v) is 2.74. The average molecular weight is 326 g/mol. The van der Waals surface area contributed by atoms with Gasteiger partial charge in [0, 0.05) is 0 Å². The first-order valence-corrected chi connectivity index (χ1v) is 7.92. The number of benzene rings is 1. The number of nitrogens with one attached hydrogen (secondary N) is 1. The largest absolute Gasteiger partial charge is 0.479 e. The molecule has 0 bridgehead atoms. The Kier molecular flexibility index (Phi) is 4.85. The molecule has 2 aromatic rings. The van der Waals surface area contributed by atoms with Gasteiger partial charge < -0.3 is 14.8 Å². The van der Waals surface area contributed by atoms with Crippen LogP contribution < -0.4 is 5.32 Å². The van der Waals surface area contributed by atoms with Crippen LogP contribution in [0.3, 0.4) is 0 Å². The molecular weight excluding hydrogens is 310 g/mol. The zero-order chi connectivity index (χ0) is 15.6. The lowest BCUT2D eigenvalue weighted by molar-refractivity contribution is -0.138. The molecule has 0 aliphatic heterocycles. The van der Waals surface area contributed by atoms with E-state index in [1.54, 1.807) is 12.1 Å². The van der Waals surface area contributed by atoms with Crippen LogP contribution in [0, 0.1) is 13.8 Å². The summed E-state index contributed by atoms with van der Waals surface area (Å²) >= 11 is 7.58. The van der Waals surface area contributed by atoms with Crippen LogP contribution >= 0.6 is 23.4 Å². The van der Waals surface area contributed by atoms with Crippen LogP contribution in [-0.4, -0.2) is 17.3 Å². The number of aryl methyl sites for hydroxylation is 2. The second kappa shape index (κ2) is 6.45. The van der Waals surface area contributed by atoms with E-state index in [0.717, 1.165) is 11.1 Å². The summed E-state index contributed by atoms with van der Waals surface area (Å²) in [6.07, 6.45) is 1.88. The van der Waals surface area contributed by atoms with Crippen molar-refractivity contribution in [1.29, 1.82) is 0 Å². The van der Waals surface area contributed by atoms with Gasteiger partial charge in [0.25, 0.3) is 0 Å². The van der Waals surface area contributed by atoms with Crippen LogP contribution in [0.1, 0.15) is 22.9 Å².